The van der Waals surface area contributed by atoms with Gasteiger partial charge in [-0.25, -0.2) is 9.78 Å². The van der Waals surface area contributed by atoms with E-state index in [9.17, 15) is 4.79 Å². The molecule has 0 bridgehead atoms. The molecule has 0 fully saturated rings. The zero-order chi connectivity index (χ0) is 20.6. The van der Waals surface area contributed by atoms with Gasteiger partial charge in [0.25, 0.3) is 0 Å². The van der Waals surface area contributed by atoms with Crippen LogP contribution in [0.5, 0.6) is 11.5 Å². The summed E-state index contributed by atoms with van der Waals surface area (Å²) >= 11 is 3.52. The van der Waals surface area contributed by atoms with Gasteiger partial charge in [-0.2, -0.15) is 5.10 Å². The molecule has 0 atom stereocenters. The standard InChI is InChI=1S/C21H18BrN3O4/c1-28-18-10-15(11-24-25-19-8-7-16(12-23-19)21(26)27)9-17(22)20(18)29-13-14-5-3-2-4-6-14/h2-12H,13H2,1H3,(H,23,25)(H,26,27)/b24-11+. The number of carboxylic acid groups (broad SMARTS) is 1. The van der Waals surface area contributed by atoms with Gasteiger partial charge in [0, 0.05) is 6.20 Å². The van der Waals surface area contributed by atoms with E-state index >= 15 is 0 Å². The minimum Gasteiger partial charge on any atom is -0.493 e. The van der Waals surface area contributed by atoms with E-state index in [-0.39, 0.29) is 5.56 Å². The summed E-state index contributed by atoms with van der Waals surface area (Å²) in [5.74, 6) is 0.576. The first-order valence-electron chi connectivity index (χ1n) is 8.59. The van der Waals surface area contributed by atoms with E-state index in [1.54, 1.807) is 19.4 Å². The first-order chi connectivity index (χ1) is 14.1. The van der Waals surface area contributed by atoms with Gasteiger partial charge in [0.05, 0.1) is 23.4 Å². The summed E-state index contributed by atoms with van der Waals surface area (Å²) in [6, 6.07) is 16.5. The number of methoxy groups -OCH3 is 1. The summed E-state index contributed by atoms with van der Waals surface area (Å²) < 4.78 is 12.1. The van der Waals surface area contributed by atoms with Crippen molar-refractivity contribution in [3.05, 3.63) is 82.0 Å². The molecule has 1 aromatic heterocycles. The first kappa shape index (κ1) is 20.3. The molecule has 0 saturated heterocycles. The van der Waals surface area contributed by atoms with Crippen molar-refractivity contribution in [2.24, 2.45) is 5.10 Å². The number of carbonyl (C=O) groups is 1. The number of halogens is 1. The third-order valence-corrected chi connectivity index (χ3v) is 4.47. The lowest BCUT2D eigenvalue weighted by Gasteiger charge is -2.13. The summed E-state index contributed by atoms with van der Waals surface area (Å²) in [7, 11) is 1.57. The number of hydrogen-bond acceptors (Lipinski definition) is 6. The number of aromatic nitrogens is 1. The third kappa shape index (κ3) is 5.55. The predicted octanol–water partition coefficient (Wildman–Crippen LogP) is 4.58. The molecule has 1 heterocycles. The van der Waals surface area contributed by atoms with E-state index in [4.69, 9.17) is 14.6 Å². The van der Waals surface area contributed by atoms with Crippen molar-refractivity contribution >= 4 is 33.9 Å². The van der Waals surface area contributed by atoms with Crippen molar-refractivity contribution in [3.8, 4) is 11.5 Å². The van der Waals surface area contributed by atoms with Crippen LogP contribution in [0.3, 0.4) is 0 Å². The highest BCUT2D eigenvalue weighted by molar-refractivity contribution is 9.10. The van der Waals surface area contributed by atoms with Gasteiger partial charge in [0.15, 0.2) is 11.5 Å². The molecule has 0 unspecified atom stereocenters. The Labute approximate surface area is 176 Å². The average Bonchev–Trinajstić information content (AvgIpc) is 2.73. The molecule has 0 spiro atoms. The molecule has 2 aromatic carbocycles. The summed E-state index contributed by atoms with van der Waals surface area (Å²) in [6.07, 6.45) is 2.86. The van der Waals surface area contributed by atoms with Gasteiger partial charge in [0.1, 0.15) is 12.4 Å². The molecule has 0 saturated carbocycles. The predicted molar refractivity (Wildman–Crippen MR) is 114 cm³/mol. The number of rotatable bonds is 8. The molecule has 8 heteroatoms. The number of anilines is 1. The smallest absolute Gasteiger partial charge is 0.337 e. The molecule has 0 aliphatic heterocycles. The van der Waals surface area contributed by atoms with Crippen LogP contribution in [-0.2, 0) is 6.61 Å². The van der Waals surface area contributed by atoms with Crippen LogP contribution in [0.4, 0.5) is 5.82 Å². The van der Waals surface area contributed by atoms with Gasteiger partial charge in [-0.05, 0) is 51.3 Å². The SMILES string of the molecule is COc1cc(/C=N/Nc2ccc(C(=O)O)cn2)cc(Br)c1OCc1ccccc1. The number of ether oxygens (including phenoxy) is 2. The second kappa shape index (κ2) is 9.70. The Bertz CT molecular complexity index is 1010. The topological polar surface area (TPSA) is 93.0 Å². The lowest BCUT2D eigenvalue weighted by molar-refractivity contribution is 0.0696. The molecule has 0 amide bonds. The molecule has 29 heavy (non-hydrogen) atoms. The summed E-state index contributed by atoms with van der Waals surface area (Å²) in [4.78, 5) is 14.8. The number of nitrogens with one attached hydrogen (secondary N) is 1. The fourth-order valence-electron chi connectivity index (χ4n) is 2.44. The van der Waals surface area contributed by atoms with Gasteiger partial charge >= 0.3 is 5.97 Å². The van der Waals surface area contributed by atoms with E-state index in [0.717, 1.165) is 15.6 Å². The summed E-state index contributed by atoms with van der Waals surface area (Å²) in [5.41, 5.74) is 4.69. The Kier molecular flexibility index (Phi) is 6.80. The second-order valence-corrected chi connectivity index (χ2v) is 6.77. The van der Waals surface area contributed by atoms with Gasteiger partial charge < -0.3 is 14.6 Å². The zero-order valence-corrected chi connectivity index (χ0v) is 17.1. The van der Waals surface area contributed by atoms with Crippen molar-refractivity contribution in [1.82, 2.24) is 4.98 Å². The molecular weight excluding hydrogens is 438 g/mol. The molecule has 0 radical (unpaired) electrons. The largest absolute Gasteiger partial charge is 0.493 e. The van der Waals surface area contributed by atoms with Gasteiger partial charge in [-0.3, -0.25) is 5.43 Å². The van der Waals surface area contributed by atoms with Gasteiger partial charge in [0.2, 0.25) is 0 Å². The number of benzene rings is 2. The number of hydrogen-bond donors (Lipinski definition) is 2. The maximum absolute atomic E-state index is 10.8. The number of hydrazone groups is 1. The highest BCUT2D eigenvalue weighted by Gasteiger charge is 2.11. The minimum atomic E-state index is -1.03. The van der Waals surface area contributed by atoms with Crippen molar-refractivity contribution in [2.75, 3.05) is 12.5 Å². The fraction of sp³-hybridized carbons (Fsp3) is 0.0952. The maximum atomic E-state index is 10.8. The van der Waals surface area contributed by atoms with E-state index in [1.807, 2.05) is 36.4 Å². The molecule has 148 valence electrons. The van der Waals surface area contributed by atoms with Crippen LogP contribution in [0.15, 0.2) is 70.4 Å². The van der Waals surface area contributed by atoms with Crippen LogP contribution in [0, 0.1) is 0 Å². The molecule has 0 aliphatic rings. The number of pyridine rings is 1. The van der Waals surface area contributed by atoms with Crippen molar-refractivity contribution < 1.29 is 19.4 Å². The third-order valence-electron chi connectivity index (χ3n) is 3.88. The van der Waals surface area contributed by atoms with Crippen molar-refractivity contribution in [1.29, 1.82) is 0 Å². The Morgan fingerprint density at radius 2 is 2.03 bits per heavy atom. The van der Waals surface area contributed by atoms with E-state index in [0.29, 0.717) is 23.9 Å². The zero-order valence-electron chi connectivity index (χ0n) is 15.5. The molecule has 3 rings (SSSR count). The van der Waals surface area contributed by atoms with Crippen LogP contribution < -0.4 is 14.9 Å². The second-order valence-electron chi connectivity index (χ2n) is 5.92. The summed E-state index contributed by atoms with van der Waals surface area (Å²) in [6.45, 7) is 0.419. The Balaban J connectivity index is 1.69. The fourth-order valence-corrected chi connectivity index (χ4v) is 3.02. The molecular formula is C21H18BrN3O4. The Morgan fingerprint density at radius 1 is 1.24 bits per heavy atom. The maximum Gasteiger partial charge on any atom is 0.337 e. The van der Waals surface area contributed by atoms with Crippen molar-refractivity contribution in [3.63, 3.8) is 0 Å². The van der Waals surface area contributed by atoms with Crippen LogP contribution in [0.1, 0.15) is 21.5 Å². The molecule has 2 N–H and O–H groups in total. The summed E-state index contributed by atoms with van der Waals surface area (Å²) in [5, 5.41) is 13.0. The molecule has 3 aromatic rings. The number of nitrogens with zero attached hydrogens (tertiary/aromatic N) is 2. The van der Waals surface area contributed by atoms with Crippen molar-refractivity contribution in [2.45, 2.75) is 6.61 Å². The van der Waals surface area contributed by atoms with Gasteiger partial charge in [-0.15, -0.1) is 0 Å². The first-order valence-corrected chi connectivity index (χ1v) is 9.39. The lowest BCUT2D eigenvalue weighted by atomic mass is 10.2. The van der Waals surface area contributed by atoms with E-state index < -0.39 is 5.97 Å². The van der Waals surface area contributed by atoms with Crippen LogP contribution >= 0.6 is 15.9 Å². The number of carboxylic acids is 1. The molecule has 0 aliphatic carbocycles. The lowest BCUT2D eigenvalue weighted by Crippen LogP contribution is -2.00. The minimum absolute atomic E-state index is 0.110. The Morgan fingerprint density at radius 3 is 2.69 bits per heavy atom. The van der Waals surface area contributed by atoms with E-state index in [1.165, 1.54) is 18.3 Å². The molecule has 7 nitrogen and oxygen atoms in total. The van der Waals surface area contributed by atoms with E-state index in [2.05, 4.69) is 31.4 Å². The quantitative estimate of drug-likeness (QED) is 0.381. The highest BCUT2D eigenvalue weighted by Crippen LogP contribution is 2.36. The number of aromatic carboxylic acids is 1. The van der Waals surface area contributed by atoms with Crippen LogP contribution in [-0.4, -0.2) is 29.4 Å². The Hall–Kier alpha value is -3.39. The highest BCUT2D eigenvalue weighted by atomic mass is 79.9. The van der Waals surface area contributed by atoms with Crippen LogP contribution in [0.25, 0.3) is 0 Å². The monoisotopic (exact) mass is 455 g/mol. The normalized spacial score (nSPS) is 10.7. The van der Waals surface area contributed by atoms with Crippen LogP contribution in [0.2, 0.25) is 0 Å². The average molecular weight is 456 g/mol. The van der Waals surface area contributed by atoms with Gasteiger partial charge in [-0.1, -0.05) is 30.3 Å².